The fraction of sp³-hybridized carbons (Fsp3) is 0.929. The Balaban J connectivity index is 3.23. The van der Waals surface area contributed by atoms with Crippen LogP contribution in [-0.4, -0.2) is 56.5 Å². The molecule has 1 heterocycles. The van der Waals surface area contributed by atoms with Gasteiger partial charge in [0.2, 0.25) is 0 Å². The molecule has 11 nitrogen and oxygen atoms in total. The largest absolute Gasteiger partial charge is 0.480 e. The molecule has 144 valence electrons. The number of piperidine rings is 1. The van der Waals surface area contributed by atoms with E-state index in [1.807, 2.05) is 13.8 Å². The van der Waals surface area contributed by atoms with Crippen LogP contribution in [0.25, 0.3) is 0 Å². The molecule has 0 aromatic heterocycles. The van der Waals surface area contributed by atoms with Crippen molar-refractivity contribution in [3.05, 3.63) is 20.2 Å². The summed E-state index contributed by atoms with van der Waals surface area (Å²) in [7, 11) is 0. The first kappa shape index (κ1) is 20.9. The molecule has 1 aliphatic rings. The molecular weight excluding hydrogens is 338 g/mol. The standard InChI is InChI=1S/C14H25N3O8/c1-9(12(18)19)15-13(2,3)6-10(7-24-16(20)21)11(14(15,4)5)8-25-17(22)23/h9-11H,6-8H2,1-5H3,(H,18,19). The van der Waals surface area contributed by atoms with Crippen molar-refractivity contribution < 1.29 is 29.7 Å². The third-order valence-corrected chi connectivity index (χ3v) is 5.01. The molecule has 1 aliphatic heterocycles. The van der Waals surface area contributed by atoms with Gasteiger partial charge in [0.15, 0.2) is 0 Å². The molecule has 3 atom stereocenters. The highest BCUT2D eigenvalue weighted by Gasteiger charge is 2.54. The SMILES string of the molecule is CC(C(=O)O)N1C(C)(C)CC(CO[N+](=O)[O-])C(CO[N+](=O)[O-])C1(C)C. The average Bonchev–Trinajstić information content (AvgIpc) is 2.41. The molecule has 1 fully saturated rings. The predicted octanol–water partition coefficient (Wildman–Crippen LogP) is 1.37. The highest BCUT2D eigenvalue weighted by atomic mass is 17.0. The van der Waals surface area contributed by atoms with Crippen LogP contribution in [0.5, 0.6) is 0 Å². The number of nitrogens with zero attached hydrogens (tertiary/aromatic N) is 3. The molecule has 0 spiro atoms. The predicted molar refractivity (Wildman–Crippen MR) is 84.6 cm³/mol. The zero-order chi connectivity index (χ0) is 19.6. The lowest BCUT2D eigenvalue weighted by atomic mass is 9.66. The van der Waals surface area contributed by atoms with Crippen molar-refractivity contribution in [1.82, 2.24) is 4.90 Å². The molecule has 0 aromatic rings. The summed E-state index contributed by atoms with van der Waals surface area (Å²) >= 11 is 0. The van der Waals surface area contributed by atoms with Crippen LogP contribution in [-0.2, 0) is 14.5 Å². The number of hydrogen-bond donors (Lipinski definition) is 1. The van der Waals surface area contributed by atoms with Crippen LogP contribution in [0.2, 0.25) is 0 Å². The summed E-state index contributed by atoms with van der Waals surface area (Å²) < 4.78 is 0. The molecule has 0 amide bonds. The van der Waals surface area contributed by atoms with Crippen LogP contribution in [0.1, 0.15) is 41.0 Å². The Morgan fingerprint density at radius 3 is 2.12 bits per heavy atom. The van der Waals surface area contributed by atoms with Crippen molar-refractivity contribution >= 4 is 5.97 Å². The summed E-state index contributed by atoms with van der Waals surface area (Å²) in [6.45, 7) is 8.23. The number of aliphatic carboxylic acids is 1. The number of carbonyl (C=O) groups is 1. The minimum absolute atomic E-state index is 0.235. The lowest BCUT2D eigenvalue weighted by Gasteiger charge is -2.60. The number of carboxylic acid groups (broad SMARTS) is 1. The van der Waals surface area contributed by atoms with Crippen LogP contribution in [0, 0.1) is 32.1 Å². The first-order valence-electron chi connectivity index (χ1n) is 7.87. The van der Waals surface area contributed by atoms with E-state index in [1.165, 1.54) is 0 Å². The monoisotopic (exact) mass is 363 g/mol. The molecule has 3 unspecified atom stereocenters. The maximum absolute atomic E-state index is 11.5. The van der Waals surface area contributed by atoms with Gasteiger partial charge in [0.05, 0.1) is 6.61 Å². The molecule has 11 heteroatoms. The van der Waals surface area contributed by atoms with Gasteiger partial charge in [-0.1, -0.05) is 0 Å². The molecule has 0 aromatic carbocycles. The normalized spacial score (nSPS) is 26.4. The van der Waals surface area contributed by atoms with E-state index in [2.05, 4.69) is 9.68 Å². The van der Waals surface area contributed by atoms with E-state index in [9.17, 15) is 30.1 Å². The summed E-state index contributed by atoms with van der Waals surface area (Å²) in [5.74, 6) is -1.96. The lowest BCUT2D eigenvalue weighted by Crippen LogP contribution is -2.69. The average molecular weight is 363 g/mol. The fourth-order valence-corrected chi connectivity index (χ4v) is 4.36. The summed E-state index contributed by atoms with van der Waals surface area (Å²) in [5, 5.41) is 28.8. The topological polar surface area (TPSA) is 145 Å². The van der Waals surface area contributed by atoms with Crippen molar-refractivity contribution in [2.45, 2.75) is 58.2 Å². The van der Waals surface area contributed by atoms with Gasteiger partial charge < -0.3 is 14.8 Å². The van der Waals surface area contributed by atoms with Gasteiger partial charge in [0, 0.05) is 17.0 Å². The Hall–Kier alpha value is -2.17. The van der Waals surface area contributed by atoms with Gasteiger partial charge in [0.1, 0.15) is 12.6 Å². The van der Waals surface area contributed by atoms with E-state index >= 15 is 0 Å². The first-order chi connectivity index (χ1) is 11.3. The van der Waals surface area contributed by atoms with Crippen molar-refractivity contribution in [2.75, 3.05) is 13.2 Å². The second kappa shape index (κ2) is 7.38. The van der Waals surface area contributed by atoms with Gasteiger partial charge in [-0.15, -0.1) is 20.2 Å². The van der Waals surface area contributed by atoms with E-state index in [0.29, 0.717) is 6.42 Å². The Labute approximate surface area is 145 Å². The fourth-order valence-electron chi connectivity index (χ4n) is 4.36. The summed E-state index contributed by atoms with van der Waals surface area (Å²) in [6, 6.07) is -0.847. The zero-order valence-electron chi connectivity index (χ0n) is 15.0. The van der Waals surface area contributed by atoms with Crippen LogP contribution in [0.15, 0.2) is 0 Å². The maximum Gasteiger partial charge on any atom is 0.320 e. The molecule has 0 saturated carbocycles. The minimum Gasteiger partial charge on any atom is -0.480 e. The van der Waals surface area contributed by atoms with E-state index in [-0.39, 0.29) is 13.2 Å². The second-order valence-electron chi connectivity index (χ2n) is 7.46. The van der Waals surface area contributed by atoms with Crippen LogP contribution in [0.4, 0.5) is 0 Å². The first-order valence-corrected chi connectivity index (χ1v) is 7.87. The lowest BCUT2D eigenvalue weighted by molar-refractivity contribution is -0.764. The van der Waals surface area contributed by atoms with Gasteiger partial charge in [0.25, 0.3) is 10.2 Å². The van der Waals surface area contributed by atoms with Gasteiger partial charge in [-0.2, -0.15) is 0 Å². The Morgan fingerprint density at radius 1 is 1.20 bits per heavy atom. The Kier molecular flexibility index (Phi) is 6.16. The zero-order valence-corrected chi connectivity index (χ0v) is 15.0. The Morgan fingerprint density at radius 2 is 1.68 bits per heavy atom. The van der Waals surface area contributed by atoms with Gasteiger partial charge in [-0.3, -0.25) is 9.69 Å². The smallest absolute Gasteiger partial charge is 0.320 e. The summed E-state index contributed by atoms with van der Waals surface area (Å²) in [6.07, 6.45) is 0.369. The summed E-state index contributed by atoms with van der Waals surface area (Å²) in [4.78, 5) is 43.5. The molecule has 25 heavy (non-hydrogen) atoms. The third kappa shape index (κ3) is 4.68. The number of likely N-dealkylation sites (tertiary alicyclic amines) is 1. The molecular formula is C14H25N3O8. The quantitative estimate of drug-likeness (QED) is 0.499. The van der Waals surface area contributed by atoms with Crippen LogP contribution < -0.4 is 0 Å². The summed E-state index contributed by atoms with van der Waals surface area (Å²) in [5.41, 5.74) is -1.45. The molecule has 0 bridgehead atoms. The van der Waals surface area contributed by atoms with Gasteiger partial charge in [-0.25, -0.2) is 0 Å². The number of hydrogen-bond acceptors (Lipinski definition) is 8. The highest BCUT2D eigenvalue weighted by Crippen LogP contribution is 2.46. The molecule has 0 radical (unpaired) electrons. The third-order valence-electron chi connectivity index (χ3n) is 5.01. The second-order valence-corrected chi connectivity index (χ2v) is 7.46. The highest BCUT2D eigenvalue weighted by molar-refractivity contribution is 5.73. The van der Waals surface area contributed by atoms with E-state index < -0.39 is 45.1 Å². The molecule has 1 saturated heterocycles. The van der Waals surface area contributed by atoms with Crippen LogP contribution in [0.3, 0.4) is 0 Å². The number of carboxylic acids is 1. The van der Waals surface area contributed by atoms with E-state index in [1.54, 1.807) is 25.7 Å². The van der Waals surface area contributed by atoms with Crippen molar-refractivity contribution in [2.24, 2.45) is 11.8 Å². The van der Waals surface area contributed by atoms with Crippen LogP contribution >= 0.6 is 0 Å². The maximum atomic E-state index is 11.5. The van der Waals surface area contributed by atoms with E-state index in [4.69, 9.17) is 0 Å². The molecule has 1 rings (SSSR count). The Bertz CT molecular complexity index is 536. The van der Waals surface area contributed by atoms with Crippen molar-refractivity contribution in [3.8, 4) is 0 Å². The number of rotatable bonds is 8. The van der Waals surface area contributed by atoms with E-state index in [0.717, 1.165) is 0 Å². The van der Waals surface area contributed by atoms with Gasteiger partial charge in [-0.05, 0) is 47.0 Å². The van der Waals surface area contributed by atoms with Crippen molar-refractivity contribution in [1.29, 1.82) is 0 Å². The molecule has 0 aliphatic carbocycles. The van der Waals surface area contributed by atoms with Gasteiger partial charge >= 0.3 is 5.97 Å². The minimum atomic E-state index is -1.02. The molecule has 1 N–H and O–H groups in total. The van der Waals surface area contributed by atoms with Crippen molar-refractivity contribution in [3.63, 3.8) is 0 Å².